The smallest absolute Gasteiger partial charge is 0.242 e. The highest BCUT2D eigenvalue weighted by atomic mass is 16.5. The normalized spacial score (nSPS) is 11.3. The number of aromatic nitrogens is 1. The highest BCUT2D eigenvalue weighted by Gasteiger charge is 2.24. The van der Waals surface area contributed by atoms with Crippen LogP contribution in [0.3, 0.4) is 0 Å². The number of nitrogens with one attached hydrogen (secondary N) is 1. The first-order valence-electron chi connectivity index (χ1n) is 16.7. The van der Waals surface area contributed by atoms with Crippen molar-refractivity contribution in [1.82, 2.24) is 14.8 Å². The first-order valence-corrected chi connectivity index (χ1v) is 16.7. The summed E-state index contributed by atoms with van der Waals surface area (Å²) in [5, 5.41) is 1.18. The van der Waals surface area contributed by atoms with E-state index < -0.39 is 0 Å². The largest absolute Gasteiger partial charge is 0.496 e. The molecule has 0 aliphatic rings. The van der Waals surface area contributed by atoms with Gasteiger partial charge < -0.3 is 19.5 Å². The zero-order chi connectivity index (χ0) is 30.9. The number of hydrogen-bond acceptors (Lipinski definition) is 3. The van der Waals surface area contributed by atoms with E-state index in [9.17, 15) is 9.59 Å². The summed E-state index contributed by atoms with van der Waals surface area (Å²) in [6.45, 7) is 7.35. The molecular formula is C37H55N3O3. The van der Waals surface area contributed by atoms with E-state index in [4.69, 9.17) is 4.74 Å². The molecule has 6 nitrogen and oxygen atoms in total. The van der Waals surface area contributed by atoms with Crippen LogP contribution in [0.5, 0.6) is 5.75 Å². The van der Waals surface area contributed by atoms with E-state index in [1.54, 1.807) is 12.0 Å². The second-order valence-corrected chi connectivity index (χ2v) is 12.1. The summed E-state index contributed by atoms with van der Waals surface area (Å²) in [5.74, 6) is 0.806. The lowest BCUT2D eigenvalue weighted by molar-refractivity contribution is -0.142. The molecule has 2 amide bonds. The Kier molecular flexibility index (Phi) is 15.2. The number of hydrogen-bond donors (Lipinski definition) is 1. The van der Waals surface area contributed by atoms with Gasteiger partial charge in [-0.1, -0.05) is 108 Å². The van der Waals surface area contributed by atoms with Gasteiger partial charge in [0.2, 0.25) is 11.8 Å². The predicted octanol–water partition coefficient (Wildman–Crippen LogP) is 8.69. The number of carbonyl (C=O) groups is 2. The van der Waals surface area contributed by atoms with Crippen LogP contribution in [0.4, 0.5) is 0 Å². The van der Waals surface area contributed by atoms with E-state index in [1.807, 2.05) is 61.3 Å². The number of nitrogens with zero attached hydrogens (tertiary/aromatic N) is 2. The number of H-pyrrole nitrogens is 1. The Morgan fingerprint density at radius 2 is 1.42 bits per heavy atom. The molecule has 43 heavy (non-hydrogen) atoms. The van der Waals surface area contributed by atoms with Crippen molar-refractivity contribution in [2.24, 2.45) is 0 Å². The van der Waals surface area contributed by atoms with Crippen LogP contribution < -0.4 is 4.74 Å². The van der Waals surface area contributed by atoms with Crippen LogP contribution in [0.25, 0.3) is 10.9 Å². The summed E-state index contributed by atoms with van der Waals surface area (Å²) in [4.78, 5) is 34.1. The fourth-order valence-electron chi connectivity index (χ4n) is 5.81. The van der Waals surface area contributed by atoms with Gasteiger partial charge >= 0.3 is 0 Å². The molecule has 2 aromatic carbocycles. The minimum Gasteiger partial charge on any atom is -0.496 e. The van der Waals surface area contributed by atoms with E-state index in [0.29, 0.717) is 19.5 Å². The first-order chi connectivity index (χ1) is 20.9. The van der Waals surface area contributed by atoms with E-state index in [1.165, 1.54) is 68.7 Å². The second kappa shape index (κ2) is 19.1. The Hall–Kier alpha value is -3.28. The predicted molar refractivity (Wildman–Crippen MR) is 178 cm³/mol. The van der Waals surface area contributed by atoms with Gasteiger partial charge in [0.05, 0.1) is 13.7 Å². The molecule has 3 aromatic rings. The molecule has 1 N–H and O–H groups in total. The summed E-state index contributed by atoms with van der Waals surface area (Å²) in [6, 6.07) is 16.0. The summed E-state index contributed by atoms with van der Waals surface area (Å²) in [6.07, 6.45) is 17.0. The van der Waals surface area contributed by atoms with E-state index in [0.717, 1.165) is 36.1 Å². The molecule has 6 heteroatoms. The maximum absolute atomic E-state index is 13.8. The molecule has 0 fully saturated rings. The number of carbonyl (C=O) groups excluding carboxylic acids is 2. The van der Waals surface area contributed by atoms with Crippen LogP contribution in [-0.4, -0.2) is 52.8 Å². The number of fused-ring (bicyclic) bond motifs is 1. The monoisotopic (exact) mass is 589 g/mol. The fourth-order valence-corrected chi connectivity index (χ4v) is 5.81. The molecule has 0 radical (unpaired) electrons. The molecule has 0 saturated heterocycles. The molecule has 0 aliphatic carbocycles. The maximum Gasteiger partial charge on any atom is 0.242 e. The molecule has 1 aromatic heterocycles. The molecule has 0 atom stereocenters. The van der Waals surface area contributed by atoms with Crippen molar-refractivity contribution in [3.63, 3.8) is 0 Å². The van der Waals surface area contributed by atoms with Gasteiger partial charge in [0.25, 0.3) is 0 Å². The number of ether oxygens (including phenoxy) is 1. The van der Waals surface area contributed by atoms with Crippen molar-refractivity contribution in [1.29, 1.82) is 0 Å². The number of para-hydroxylation sites is 2. The van der Waals surface area contributed by atoms with Crippen LogP contribution in [0, 0.1) is 0 Å². The molecular weight excluding hydrogens is 534 g/mol. The van der Waals surface area contributed by atoms with Crippen molar-refractivity contribution in [2.75, 3.05) is 20.2 Å². The van der Waals surface area contributed by atoms with Crippen molar-refractivity contribution < 1.29 is 14.3 Å². The van der Waals surface area contributed by atoms with Gasteiger partial charge in [-0.2, -0.15) is 0 Å². The molecule has 236 valence electrons. The average Bonchev–Trinajstić information content (AvgIpc) is 3.43. The molecule has 0 unspecified atom stereocenters. The molecule has 0 bridgehead atoms. The van der Waals surface area contributed by atoms with Gasteiger partial charge in [0.15, 0.2) is 0 Å². The van der Waals surface area contributed by atoms with Gasteiger partial charge in [-0.3, -0.25) is 9.59 Å². The van der Waals surface area contributed by atoms with E-state index in [2.05, 4.69) is 24.0 Å². The van der Waals surface area contributed by atoms with Crippen LogP contribution in [-0.2, 0) is 22.6 Å². The zero-order valence-corrected chi connectivity index (χ0v) is 27.2. The fraction of sp³-hybridized carbons (Fsp3) is 0.568. The van der Waals surface area contributed by atoms with Crippen LogP contribution in [0.15, 0.2) is 54.7 Å². The van der Waals surface area contributed by atoms with E-state index >= 15 is 0 Å². The van der Waals surface area contributed by atoms with Crippen molar-refractivity contribution in [3.05, 3.63) is 65.9 Å². The van der Waals surface area contributed by atoms with Gasteiger partial charge in [0.1, 0.15) is 5.75 Å². The molecule has 1 heterocycles. The van der Waals surface area contributed by atoms with Crippen LogP contribution in [0.1, 0.15) is 109 Å². The molecule has 0 spiro atoms. The van der Waals surface area contributed by atoms with Crippen molar-refractivity contribution >= 4 is 22.7 Å². The molecule has 3 rings (SSSR count). The van der Waals surface area contributed by atoms with Crippen LogP contribution in [0.2, 0.25) is 0 Å². The second-order valence-electron chi connectivity index (χ2n) is 12.1. The van der Waals surface area contributed by atoms with Crippen molar-refractivity contribution in [2.45, 2.75) is 117 Å². The Bertz CT molecular complexity index is 1230. The number of rotatable bonds is 21. The third-order valence-corrected chi connectivity index (χ3v) is 8.48. The molecule has 0 saturated carbocycles. The third kappa shape index (κ3) is 11.4. The highest BCUT2D eigenvalue weighted by molar-refractivity contribution is 5.85. The Labute approximate surface area is 260 Å². The summed E-state index contributed by atoms with van der Waals surface area (Å²) in [5.41, 5.74) is 3.24. The number of methoxy groups -OCH3 is 1. The lowest BCUT2D eigenvalue weighted by Crippen LogP contribution is -2.46. The van der Waals surface area contributed by atoms with Gasteiger partial charge in [-0.05, 0) is 44.4 Å². The number of aromatic amines is 1. The Morgan fingerprint density at radius 3 is 2.09 bits per heavy atom. The van der Waals surface area contributed by atoms with Gasteiger partial charge in [-0.15, -0.1) is 0 Å². The number of amides is 2. The number of unbranched alkanes of at least 4 members (excludes halogenated alkanes) is 10. The SMILES string of the molecule is CCCCCCCCCCCCCC(=O)N(CC(=O)N(CCc1c[nH]c2ccccc12)Cc1ccccc1OC)C(C)C. The van der Waals surface area contributed by atoms with Crippen LogP contribution >= 0.6 is 0 Å². The van der Waals surface area contributed by atoms with Gasteiger partial charge in [0, 0.05) is 48.2 Å². The summed E-state index contributed by atoms with van der Waals surface area (Å²) >= 11 is 0. The minimum atomic E-state index is -0.0362. The lowest BCUT2D eigenvalue weighted by Gasteiger charge is -2.30. The zero-order valence-electron chi connectivity index (χ0n) is 27.2. The average molecular weight is 590 g/mol. The molecule has 0 aliphatic heterocycles. The maximum atomic E-state index is 13.8. The van der Waals surface area contributed by atoms with E-state index in [-0.39, 0.29) is 24.4 Å². The minimum absolute atomic E-state index is 0.0354. The lowest BCUT2D eigenvalue weighted by atomic mass is 10.0. The van der Waals surface area contributed by atoms with Gasteiger partial charge in [-0.25, -0.2) is 0 Å². The number of benzene rings is 2. The topological polar surface area (TPSA) is 65.6 Å². The third-order valence-electron chi connectivity index (χ3n) is 8.48. The standard InChI is InChI=1S/C37H55N3O3/c1-5-6-7-8-9-10-11-12-13-14-15-24-36(41)40(30(2)3)29-37(42)39(28-32-20-16-19-23-35(32)43-4)26-25-31-27-38-34-22-18-17-21-33(31)34/h16-23,27,30,38H,5-15,24-26,28-29H2,1-4H3. The summed E-state index contributed by atoms with van der Waals surface area (Å²) in [7, 11) is 1.66. The highest BCUT2D eigenvalue weighted by Crippen LogP contribution is 2.22. The Morgan fingerprint density at radius 1 is 0.791 bits per heavy atom. The Balaban J connectivity index is 1.55. The quantitative estimate of drug-likeness (QED) is 0.126. The summed E-state index contributed by atoms with van der Waals surface area (Å²) < 4.78 is 5.59. The first kappa shape index (κ1) is 34.2. The van der Waals surface area contributed by atoms with Crippen molar-refractivity contribution in [3.8, 4) is 5.75 Å².